The minimum Gasteiger partial charge on any atom is -0.481 e. The van der Waals surface area contributed by atoms with Crippen molar-refractivity contribution in [1.29, 1.82) is 0 Å². The summed E-state index contributed by atoms with van der Waals surface area (Å²) in [6, 6.07) is 13.2. The third-order valence-electron chi connectivity index (χ3n) is 2.87. The maximum atomic E-state index is 11.5. The summed E-state index contributed by atoms with van der Waals surface area (Å²) in [5, 5.41) is 2.65. The Hall–Kier alpha value is -2.82. The summed E-state index contributed by atoms with van der Waals surface area (Å²) in [6.45, 7) is 0.623. The Bertz CT molecular complexity index is 627. The van der Waals surface area contributed by atoms with Crippen molar-refractivity contribution in [2.75, 3.05) is 13.7 Å². The van der Waals surface area contributed by atoms with Crippen LogP contribution in [0.1, 0.15) is 11.1 Å². The highest BCUT2D eigenvalue weighted by atomic mass is 16.5. The van der Waals surface area contributed by atoms with Crippen molar-refractivity contribution in [2.45, 2.75) is 6.61 Å². The molecule has 0 saturated carbocycles. The van der Waals surface area contributed by atoms with E-state index < -0.39 is 6.09 Å². The fourth-order valence-electron chi connectivity index (χ4n) is 1.80. The van der Waals surface area contributed by atoms with Gasteiger partial charge < -0.3 is 14.8 Å². The molecule has 0 spiro atoms. The lowest BCUT2D eigenvalue weighted by Crippen LogP contribution is -2.24. The van der Waals surface area contributed by atoms with Crippen molar-refractivity contribution < 1.29 is 14.3 Å². The molecule has 5 nitrogen and oxygen atoms in total. The van der Waals surface area contributed by atoms with E-state index in [9.17, 15) is 4.79 Å². The van der Waals surface area contributed by atoms with Crippen LogP contribution in [0.4, 0.5) is 4.79 Å². The molecule has 2 aromatic rings. The van der Waals surface area contributed by atoms with E-state index in [1.54, 1.807) is 13.3 Å². The minimum absolute atomic E-state index is 0.257. The number of nitrogens with one attached hydrogen (secondary N) is 1. The molecule has 0 aliphatic heterocycles. The Morgan fingerprint density at radius 1 is 1.23 bits per heavy atom. The van der Waals surface area contributed by atoms with Gasteiger partial charge in [-0.2, -0.15) is 0 Å². The topological polar surface area (TPSA) is 60.5 Å². The summed E-state index contributed by atoms with van der Waals surface area (Å²) in [6.07, 6.45) is 4.86. The first-order valence-corrected chi connectivity index (χ1v) is 6.89. The van der Waals surface area contributed by atoms with Crippen LogP contribution in [0.3, 0.4) is 0 Å². The van der Waals surface area contributed by atoms with Gasteiger partial charge in [-0.3, -0.25) is 0 Å². The zero-order valence-electron chi connectivity index (χ0n) is 12.4. The van der Waals surface area contributed by atoms with Gasteiger partial charge in [0, 0.05) is 18.3 Å². The predicted octanol–water partition coefficient (Wildman–Crippen LogP) is 3.03. The second-order valence-electron chi connectivity index (χ2n) is 4.45. The van der Waals surface area contributed by atoms with Gasteiger partial charge in [-0.05, 0) is 17.7 Å². The van der Waals surface area contributed by atoms with E-state index in [1.807, 2.05) is 54.6 Å². The molecule has 1 N–H and O–H groups in total. The van der Waals surface area contributed by atoms with Crippen LogP contribution >= 0.6 is 0 Å². The first kappa shape index (κ1) is 15.6. The number of ether oxygens (including phenoxy) is 2. The summed E-state index contributed by atoms with van der Waals surface area (Å²) in [4.78, 5) is 15.6. The van der Waals surface area contributed by atoms with Crippen molar-refractivity contribution in [3.8, 4) is 5.88 Å². The average Bonchev–Trinajstić information content (AvgIpc) is 2.58. The lowest BCUT2D eigenvalue weighted by atomic mass is 10.2. The summed E-state index contributed by atoms with van der Waals surface area (Å²) in [7, 11) is 1.57. The zero-order valence-corrected chi connectivity index (χ0v) is 12.4. The van der Waals surface area contributed by atoms with Gasteiger partial charge in [0.1, 0.15) is 6.61 Å². The number of hydrogen-bond donors (Lipinski definition) is 1. The van der Waals surface area contributed by atoms with Crippen LogP contribution in [0.25, 0.3) is 6.08 Å². The van der Waals surface area contributed by atoms with E-state index in [4.69, 9.17) is 9.47 Å². The number of amides is 1. The molecule has 0 unspecified atom stereocenters. The normalized spacial score (nSPS) is 10.4. The van der Waals surface area contributed by atoms with Crippen molar-refractivity contribution in [1.82, 2.24) is 10.3 Å². The van der Waals surface area contributed by atoms with Gasteiger partial charge in [0.15, 0.2) is 0 Å². The molecule has 0 aliphatic carbocycles. The lowest BCUT2D eigenvalue weighted by molar-refractivity contribution is 0.141. The molecule has 1 heterocycles. The highest BCUT2D eigenvalue weighted by Gasteiger charge is 2.01. The summed E-state index contributed by atoms with van der Waals surface area (Å²) in [5.41, 5.74) is 1.80. The number of pyridine rings is 1. The number of aromatic nitrogens is 1. The van der Waals surface area contributed by atoms with Crippen LogP contribution in [0.15, 0.2) is 54.7 Å². The summed E-state index contributed by atoms with van der Waals surface area (Å²) < 4.78 is 10.2. The number of carbonyl (C=O) groups excluding carboxylic acids is 1. The summed E-state index contributed by atoms with van der Waals surface area (Å²) >= 11 is 0. The highest BCUT2D eigenvalue weighted by molar-refractivity contribution is 5.67. The van der Waals surface area contributed by atoms with Crippen molar-refractivity contribution >= 4 is 12.2 Å². The molecule has 0 fully saturated rings. The maximum absolute atomic E-state index is 11.5. The van der Waals surface area contributed by atoms with Crippen LogP contribution in [0.5, 0.6) is 5.88 Å². The van der Waals surface area contributed by atoms with Gasteiger partial charge in [-0.1, -0.05) is 42.5 Å². The Morgan fingerprint density at radius 3 is 2.82 bits per heavy atom. The molecule has 0 aliphatic rings. The second kappa shape index (κ2) is 8.46. The van der Waals surface area contributed by atoms with Gasteiger partial charge >= 0.3 is 6.09 Å². The number of rotatable bonds is 6. The third kappa shape index (κ3) is 4.94. The van der Waals surface area contributed by atoms with Crippen molar-refractivity contribution in [2.24, 2.45) is 0 Å². The van der Waals surface area contributed by atoms with E-state index in [0.29, 0.717) is 12.4 Å². The molecule has 5 heteroatoms. The summed E-state index contributed by atoms with van der Waals surface area (Å²) in [5.74, 6) is 0.547. The van der Waals surface area contributed by atoms with E-state index in [1.165, 1.54) is 0 Å². The van der Waals surface area contributed by atoms with Crippen LogP contribution in [-0.2, 0) is 11.3 Å². The molecule has 22 heavy (non-hydrogen) atoms. The van der Waals surface area contributed by atoms with Gasteiger partial charge in [0.2, 0.25) is 5.88 Å². The molecule has 1 aromatic heterocycles. The number of methoxy groups -OCH3 is 1. The largest absolute Gasteiger partial charge is 0.481 e. The maximum Gasteiger partial charge on any atom is 0.407 e. The van der Waals surface area contributed by atoms with Gasteiger partial charge in [0.25, 0.3) is 0 Å². The molecule has 0 bridgehead atoms. The van der Waals surface area contributed by atoms with Crippen LogP contribution < -0.4 is 10.1 Å². The van der Waals surface area contributed by atoms with Gasteiger partial charge in [-0.25, -0.2) is 9.78 Å². The van der Waals surface area contributed by atoms with E-state index in [0.717, 1.165) is 11.1 Å². The molecule has 2 rings (SSSR count). The zero-order chi connectivity index (χ0) is 15.6. The Balaban J connectivity index is 1.73. The Morgan fingerprint density at radius 2 is 2.05 bits per heavy atom. The first-order valence-electron chi connectivity index (χ1n) is 6.89. The third-order valence-corrected chi connectivity index (χ3v) is 2.87. The fourth-order valence-corrected chi connectivity index (χ4v) is 1.80. The van der Waals surface area contributed by atoms with Crippen molar-refractivity contribution in [3.05, 3.63) is 65.9 Å². The molecule has 1 aromatic carbocycles. The van der Waals surface area contributed by atoms with E-state index >= 15 is 0 Å². The molecule has 0 saturated heterocycles. The lowest BCUT2D eigenvalue weighted by Gasteiger charge is -2.05. The van der Waals surface area contributed by atoms with E-state index in [2.05, 4.69) is 10.3 Å². The Labute approximate surface area is 129 Å². The molecule has 114 valence electrons. The number of nitrogens with zero attached hydrogens (tertiary/aromatic N) is 1. The number of benzene rings is 1. The van der Waals surface area contributed by atoms with Gasteiger partial charge in [0.05, 0.1) is 7.11 Å². The number of hydrogen-bond acceptors (Lipinski definition) is 4. The monoisotopic (exact) mass is 298 g/mol. The van der Waals surface area contributed by atoms with E-state index in [-0.39, 0.29) is 6.61 Å². The first-order chi connectivity index (χ1) is 10.8. The quantitative estimate of drug-likeness (QED) is 0.890. The predicted molar refractivity (Wildman–Crippen MR) is 84.5 cm³/mol. The van der Waals surface area contributed by atoms with Crippen LogP contribution in [0.2, 0.25) is 0 Å². The molecular formula is C17H18N2O3. The van der Waals surface area contributed by atoms with Crippen molar-refractivity contribution in [3.63, 3.8) is 0 Å². The number of carbonyl (C=O) groups is 1. The SMILES string of the molecule is COc1ncccc1C=CCNC(=O)OCc1ccccc1. The Kier molecular flexibility index (Phi) is 5.99. The van der Waals surface area contributed by atoms with Gasteiger partial charge in [-0.15, -0.1) is 0 Å². The highest BCUT2D eigenvalue weighted by Crippen LogP contribution is 2.14. The average molecular weight is 298 g/mol. The standard InChI is InChI=1S/C17H18N2O3/c1-21-16-15(9-5-11-18-16)10-6-12-19-17(20)22-13-14-7-3-2-4-8-14/h2-11H,12-13H2,1H3,(H,19,20). The molecule has 0 radical (unpaired) electrons. The van der Waals surface area contributed by atoms with Crippen LogP contribution in [0, 0.1) is 0 Å². The number of alkyl carbamates (subject to hydrolysis) is 1. The fraction of sp³-hybridized carbons (Fsp3) is 0.176. The minimum atomic E-state index is -0.452. The molecule has 1 amide bonds. The second-order valence-corrected chi connectivity index (χ2v) is 4.45. The van der Waals surface area contributed by atoms with Crippen LogP contribution in [-0.4, -0.2) is 24.7 Å². The molecule has 0 atom stereocenters. The molecular weight excluding hydrogens is 280 g/mol. The smallest absolute Gasteiger partial charge is 0.407 e.